The quantitative estimate of drug-likeness (QED) is 0.455. The molecule has 0 aliphatic rings. The van der Waals surface area contributed by atoms with Crippen LogP contribution in [0.2, 0.25) is 0 Å². The van der Waals surface area contributed by atoms with Crippen LogP contribution in [0.3, 0.4) is 0 Å². The normalized spacial score (nSPS) is 13.2. The number of hydrogen-bond acceptors (Lipinski definition) is 7. The second kappa shape index (κ2) is 13.2. The van der Waals surface area contributed by atoms with Crippen molar-refractivity contribution in [1.82, 2.24) is 10.6 Å². The zero-order chi connectivity index (χ0) is 24.3. The second-order valence-electron chi connectivity index (χ2n) is 8.17. The van der Waals surface area contributed by atoms with E-state index in [9.17, 15) is 19.2 Å². The fourth-order valence-electron chi connectivity index (χ4n) is 2.73. The lowest BCUT2D eigenvalue weighted by molar-refractivity contribution is -0.150. The molecule has 0 fully saturated rings. The number of thioether (sulfide) groups is 1. The number of ether oxygens (including phenoxy) is 2. The molecule has 0 bridgehead atoms. The van der Waals surface area contributed by atoms with Crippen LogP contribution in [0.25, 0.3) is 0 Å². The topological polar surface area (TPSA) is 111 Å². The van der Waals surface area contributed by atoms with E-state index in [2.05, 4.69) is 10.6 Å². The molecule has 0 spiro atoms. The smallest absolute Gasteiger partial charge is 0.331 e. The van der Waals surface area contributed by atoms with Crippen molar-refractivity contribution in [2.75, 3.05) is 13.2 Å². The van der Waals surface area contributed by atoms with Gasteiger partial charge in [0.05, 0.1) is 25.1 Å². The monoisotopic (exact) mass is 466 g/mol. The van der Waals surface area contributed by atoms with Crippen LogP contribution in [-0.2, 0) is 35.3 Å². The van der Waals surface area contributed by atoms with Gasteiger partial charge in [-0.05, 0) is 32.3 Å². The van der Waals surface area contributed by atoms with Crippen molar-refractivity contribution in [3.63, 3.8) is 0 Å². The minimum absolute atomic E-state index is 0.0850. The van der Waals surface area contributed by atoms with Crippen molar-refractivity contribution in [2.24, 2.45) is 5.92 Å². The maximum atomic E-state index is 12.9. The minimum Gasteiger partial charge on any atom is -0.464 e. The first-order valence-electron chi connectivity index (χ1n) is 10.6. The van der Waals surface area contributed by atoms with Gasteiger partial charge in [0, 0.05) is 6.92 Å². The van der Waals surface area contributed by atoms with Crippen LogP contribution in [0.1, 0.15) is 47.1 Å². The van der Waals surface area contributed by atoms with Gasteiger partial charge in [0.15, 0.2) is 11.2 Å². The van der Waals surface area contributed by atoms with Crippen LogP contribution in [-0.4, -0.2) is 52.9 Å². The molecule has 8 nitrogen and oxygen atoms in total. The molecule has 0 aliphatic heterocycles. The van der Waals surface area contributed by atoms with E-state index in [1.54, 1.807) is 6.92 Å². The van der Waals surface area contributed by atoms with Crippen LogP contribution in [0, 0.1) is 5.92 Å². The van der Waals surface area contributed by atoms with E-state index in [0.717, 1.165) is 17.3 Å². The lowest BCUT2D eigenvalue weighted by Gasteiger charge is -2.30. The SMILES string of the molecule is CCOC(=O)C(COCc1ccccc1)NC(=O)C(C)(C)NC(=O)C(SC(C)=O)C(C)C. The van der Waals surface area contributed by atoms with Crippen LogP contribution in [0.15, 0.2) is 30.3 Å². The van der Waals surface area contributed by atoms with Crippen molar-refractivity contribution in [3.8, 4) is 0 Å². The highest BCUT2D eigenvalue weighted by Crippen LogP contribution is 2.21. The van der Waals surface area contributed by atoms with Gasteiger partial charge >= 0.3 is 5.97 Å². The van der Waals surface area contributed by atoms with Gasteiger partial charge in [0.25, 0.3) is 0 Å². The third-order valence-corrected chi connectivity index (χ3v) is 5.78. The highest BCUT2D eigenvalue weighted by Gasteiger charge is 2.36. The maximum Gasteiger partial charge on any atom is 0.331 e. The molecule has 0 aromatic heterocycles. The molecule has 2 amide bonds. The van der Waals surface area contributed by atoms with E-state index in [-0.39, 0.29) is 30.9 Å². The van der Waals surface area contributed by atoms with E-state index in [0.29, 0.717) is 0 Å². The van der Waals surface area contributed by atoms with E-state index >= 15 is 0 Å². The summed E-state index contributed by atoms with van der Waals surface area (Å²) in [5, 5.41) is 4.49. The number of amides is 2. The molecule has 2 atom stereocenters. The molecule has 0 aliphatic carbocycles. The molecule has 9 heteroatoms. The van der Waals surface area contributed by atoms with Gasteiger partial charge in [0.2, 0.25) is 11.8 Å². The molecule has 2 unspecified atom stereocenters. The third-order valence-electron chi connectivity index (χ3n) is 4.43. The number of benzene rings is 1. The molecular weight excluding hydrogens is 432 g/mol. The Morgan fingerprint density at radius 3 is 2.25 bits per heavy atom. The van der Waals surface area contributed by atoms with Gasteiger partial charge < -0.3 is 20.1 Å². The second-order valence-corrected chi connectivity index (χ2v) is 9.49. The molecule has 1 rings (SSSR count). The summed E-state index contributed by atoms with van der Waals surface area (Å²) in [7, 11) is 0. The zero-order valence-corrected chi connectivity index (χ0v) is 20.4. The van der Waals surface area contributed by atoms with Crippen molar-refractivity contribution in [3.05, 3.63) is 35.9 Å². The number of rotatable bonds is 12. The van der Waals surface area contributed by atoms with E-state index < -0.39 is 34.6 Å². The summed E-state index contributed by atoms with van der Waals surface area (Å²) in [5.74, 6) is -1.72. The molecule has 0 radical (unpaired) electrons. The Bertz CT molecular complexity index is 782. The molecular formula is C23H34N2O6S. The molecule has 1 aromatic carbocycles. The largest absolute Gasteiger partial charge is 0.464 e. The Hall–Kier alpha value is -2.39. The van der Waals surface area contributed by atoms with Crippen LogP contribution < -0.4 is 10.6 Å². The summed E-state index contributed by atoms with van der Waals surface area (Å²) in [5.41, 5.74) is -0.400. The Morgan fingerprint density at radius 1 is 1.09 bits per heavy atom. The molecule has 0 saturated heterocycles. The summed E-state index contributed by atoms with van der Waals surface area (Å²) in [4.78, 5) is 49.4. The van der Waals surface area contributed by atoms with Gasteiger partial charge in [-0.2, -0.15) is 0 Å². The molecule has 1 aromatic rings. The van der Waals surface area contributed by atoms with Gasteiger partial charge in [-0.15, -0.1) is 0 Å². The molecule has 0 saturated carbocycles. The van der Waals surface area contributed by atoms with Crippen LogP contribution in [0.4, 0.5) is 0 Å². The zero-order valence-electron chi connectivity index (χ0n) is 19.6. The van der Waals surface area contributed by atoms with Gasteiger partial charge in [0.1, 0.15) is 5.54 Å². The molecule has 2 N–H and O–H groups in total. The predicted molar refractivity (Wildman–Crippen MR) is 124 cm³/mol. The van der Waals surface area contributed by atoms with Crippen molar-refractivity contribution in [2.45, 2.75) is 65.0 Å². The summed E-state index contributed by atoms with van der Waals surface area (Å²) >= 11 is 0.926. The molecule has 32 heavy (non-hydrogen) atoms. The lowest BCUT2D eigenvalue weighted by atomic mass is 10.0. The Morgan fingerprint density at radius 2 is 1.72 bits per heavy atom. The highest BCUT2D eigenvalue weighted by molar-refractivity contribution is 8.14. The summed E-state index contributed by atoms with van der Waals surface area (Å²) < 4.78 is 10.7. The summed E-state index contributed by atoms with van der Waals surface area (Å²) in [6.07, 6.45) is 0. The average Bonchev–Trinajstić information content (AvgIpc) is 2.71. The maximum absolute atomic E-state index is 12.9. The third kappa shape index (κ3) is 9.40. The van der Waals surface area contributed by atoms with Crippen molar-refractivity contribution >= 4 is 34.7 Å². The van der Waals surface area contributed by atoms with Gasteiger partial charge in [-0.25, -0.2) is 4.79 Å². The van der Waals surface area contributed by atoms with E-state index in [1.807, 2.05) is 44.2 Å². The lowest BCUT2D eigenvalue weighted by Crippen LogP contribution is -2.60. The number of hydrogen-bond donors (Lipinski definition) is 2. The first-order chi connectivity index (χ1) is 15.0. The molecule has 178 valence electrons. The van der Waals surface area contributed by atoms with E-state index in [1.165, 1.54) is 20.8 Å². The minimum atomic E-state index is -1.33. The predicted octanol–water partition coefficient (Wildman–Crippen LogP) is 2.45. The number of esters is 1. The summed E-state index contributed by atoms with van der Waals surface area (Å²) in [6, 6.07) is 8.39. The van der Waals surface area contributed by atoms with Crippen LogP contribution in [0.5, 0.6) is 0 Å². The summed E-state index contributed by atoms with van der Waals surface area (Å²) in [6.45, 7) is 10.1. The molecule has 0 heterocycles. The fourth-order valence-corrected chi connectivity index (χ4v) is 3.52. The average molecular weight is 467 g/mol. The standard InChI is InChI=1S/C23H34N2O6S/c1-7-31-21(28)18(14-30-13-17-11-9-8-10-12-17)24-22(29)23(5,6)25-20(27)19(15(2)3)32-16(4)26/h8-12,15,18-19H,7,13-14H2,1-6H3,(H,24,29)(H,25,27). The Balaban J connectivity index is 2.81. The van der Waals surface area contributed by atoms with Crippen molar-refractivity contribution in [1.29, 1.82) is 0 Å². The fraction of sp³-hybridized carbons (Fsp3) is 0.565. The highest BCUT2D eigenvalue weighted by atomic mass is 32.2. The van der Waals surface area contributed by atoms with E-state index in [4.69, 9.17) is 9.47 Å². The number of carbonyl (C=O) groups is 4. The van der Waals surface area contributed by atoms with Gasteiger partial charge in [-0.1, -0.05) is 55.9 Å². The van der Waals surface area contributed by atoms with Gasteiger partial charge in [-0.3, -0.25) is 14.4 Å². The van der Waals surface area contributed by atoms with Crippen molar-refractivity contribution < 1.29 is 28.7 Å². The first kappa shape index (κ1) is 27.6. The first-order valence-corrected chi connectivity index (χ1v) is 11.4. The Labute approximate surface area is 194 Å². The number of nitrogens with one attached hydrogen (secondary N) is 2. The number of carbonyl (C=O) groups excluding carboxylic acids is 4. The Kier molecular flexibility index (Phi) is 11.4. The van der Waals surface area contributed by atoms with Crippen LogP contribution >= 0.6 is 11.8 Å².